The maximum atomic E-state index is 14.7. The summed E-state index contributed by atoms with van der Waals surface area (Å²) in [6.45, 7) is 6.21. The predicted octanol–water partition coefficient (Wildman–Crippen LogP) is 1.61. The van der Waals surface area contributed by atoms with Crippen molar-refractivity contribution in [2.75, 3.05) is 41.8 Å². The van der Waals surface area contributed by atoms with E-state index in [0.29, 0.717) is 44.1 Å². The number of nitrogens with two attached hydrogens (primary N) is 2. The zero-order valence-electron chi connectivity index (χ0n) is 18.1. The Balaban J connectivity index is 1.84. The highest BCUT2D eigenvalue weighted by Crippen LogP contribution is 2.26. The van der Waals surface area contributed by atoms with E-state index in [-0.39, 0.29) is 23.2 Å². The Bertz CT molecular complexity index is 980. The van der Waals surface area contributed by atoms with Gasteiger partial charge in [-0.25, -0.2) is 9.37 Å². The van der Waals surface area contributed by atoms with Crippen LogP contribution in [-0.2, 0) is 9.53 Å². The summed E-state index contributed by atoms with van der Waals surface area (Å²) in [5.74, 6) is -1.34. The molecule has 2 heterocycles. The van der Waals surface area contributed by atoms with Gasteiger partial charge in [-0.2, -0.15) is 4.98 Å². The van der Waals surface area contributed by atoms with Gasteiger partial charge in [0.1, 0.15) is 23.2 Å². The Morgan fingerprint density at radius 2 is 1.97 bits per heavy atom. The zero-order chi connectivity index (χ0) is 23.3. The third kappa shape index (κ3) is 5.82. The molecule has 1 fully saturated rings. The second kappa shape index (κ2) is 10.2. The predicted molar refractivity (Wildman–Crippen MR) is 119 cm³/mol. The fraction of sp³-hybridized carbons (Fsp3) is 0.429. The highest BCUT2D eigenvalue weighted by Gasteiger charge is 2.20. The largest absolute Gasteiger partial charge is 0.378 e. The maximum Gasteiger partial charge on any atom is 0.254 e. The van der Waals surface area contributed by atoms with Crippen LogP contribution in [0.25, 0.3) is 0 Å². The minimum atomic E-state index is -0.752. The second-order valence-corrected chi connectivity index (χ2v) is 7.94. The third-order valence-electron chi connectivity index (χ3n) is 4.97. The van der Waals surface area contributed by atoms with Crippen LogP contribution in [0.5, 0.6) is 0 Å². The lowest BCUT2D eigenvalue weighted by molar-refractivity contribution is -0.119. The van der Waals surface area contributed by atoms with Crippen molar-refractivity contribution >= 4 is 35.0 Å². The number of carbonyl (C=O) groups is 2. The molecule has 2 aromatic rings. The van der Waals surface area contributed by atoms with Gasteiger partial charge in [0.05, 0.1) is 18.9 Å². The topological polar surface area (TPSA) is 148 Å². The lowest BCUT2D eigenvalue weighted by atomic mass is 10.0. The van der Waals surface area contributed by atoms with Crippen molar-refractivity contribution in [3.8, 4) is 0 Å². The molecule has 172 valence electrons. The molecule has 0 unspecified atom stereocenters. The number of hydrogen-bond acceptors (Lipinski definition) is 8. The Labute approximate surface area is 185 Å². The lowest BCUT2D eigenvalue weighted by Crippen LogP contribution is -2.37. The quantitative estimate of drug-likeness (QED) is 0.455. The summed E-state index contributed by atoms with van der Waals surface area (Å²) < 4.78 is 20.1. The number of hydrogen-bond donors (Lipinski definition) is 4. The second-order valence-electron chi connectivity index (χ2n) is 7.94. The van der Waals surface area contributed by atoms with Crippen LogP contribution in [0.2, 0.25) is 0 Å². The first-order valence-corrected chi connectivity index (χ1v) is 10.4. The van der Waals surface area contributed by atoms with E-state index in [2.05, 4.69) is 20.6 Å². The summed E-state index contributed by atoms with van der Waals surface area (Å²) in [5.41, 5.74) is 11.8. The SMILES string of the molecule is CC(C)C[C@@H](Nc1ncc(C(N)=O)c(Nc2ccc(N3CCOCC3)c(F)c2)n1)C(N)=O. The van der Waals surface area contributed by atoms with Gasteiger partial charge in [0, 0.05) is 25.0 Å². The summed E-state index contributed by atoms with van der Waals surface area (Å²) in [6.07, 6.45) is 1.72. The molecule has 3 rings (SSSR count). The van der Waals surface area contributed by atoms with E-state index in [1.807, 2.05) is 18.7 Å². The van der Waals surface area contributed by atoms with Crippen molar-refractivity contribution in [3.05, 3.63) is 35.8 Å². The van der Waals surface area contributed by atoms with Crippen molar-refractivity contribution in [1.29, 1.82) is 0 Å². The summed E-state index contributed by atoms with van der Waals surface area (Å²) in [7, 11) is 0. The molecule has 1 aliphatic heterocycles. The zero-order valence-corrected chi connectivity index (χ0v) is 18.1. The van der Waals surface area contributed by atoms with Crippen LogP contribution in [0.4, 0.5) is 27.5 Å². The molecule has 0 saturated carbocycles. The molecule has 0 bridgehead atoms. The van der Waals surface area contributed by atoms with Crippen LogP contribution in [0.15, 0.2) is 24.4 Å². The normalized spacial score (nSPS) is 14.8. The minimum absolute atomic E-state index is 0.0210. The van der Waals surface area contributed by atoms with Gasteiger partial charge in [-0.15, -0.1) is 0 Å². The number of ether oxygens (including phenoxy) is 1. The Morgan fingerprint density at radius 1 is 1.25 bits per heavy atom. The standard InChI is InChI=1S/C21H28FN7O3/c1-12(2)9-16(19(24)31)27-21-25-11-14(18(23)30)20(28-21)26-13-3-4-17(15(22)10-13)29-5-7-32-8-6-29/h3-4,10-12,16H,5-9H2,1-2H3,(H2,23,30)(H2,24,31)(H2,25,26,27,28)/t16-/m1/s1. The molecule has 1 aromatic heterocycles. The molecule has 10 nitrogen and oxygen atoms in total. The van der Waals surface area contributed by atoms with Crippen LogP contribution in [0.1, 0.15) is 30.6 Å². The maximum absolute atomic E-state index is 14.7. The smallest absolute Gasteiger partial charge is 0.254 e. The highest BCUT2D eigenvalue weighted by atomic mass is 19.1. The molecule has 11 heteroatoms. The van der Waals surface area contributed by atoms with Crippen LogP contribution in [-0.4, -0.2) is 54.1 Å². The number of rotatable bonds is 9. The van der Waals surface area contributed by atoms with Crippen LogP contribution < -0.4 is 27.0 Å². The Kier molecular flexibility index (Phi) is 7.41. The molecule has 0 radical (unpaired) electrons. The molecule has 1 aromatic carbocycles. The van der Waals surface area contributed by atoms with E-state index in [4.69, 9.17) is 16.2 Å². The number of morpholine rings is 1. The lowest BCUT2D eigenvalue weighted by Gasteiger charge is -2.29. The van der Waals surface area contributed by atoms with E-state index >= 15 is 0 Å². The summed E-state index contributed by atoms with van der Waals surface area (Å²) in [5, 5.41) is 5.80. The molecule has 2 amide bonds. The number of primary amides is 2. The average Bonchev–Trinajstić information content (AvgIpc) is 2.73. The number of halogens is 1. The molecule has 0 spiro atoms. The average molecular weight is 445 g/mol. The summed E-state index contributed by atoms with van der Waals surface area (Å²) >= 11 is 0. The first kappa shape index (κ1) is 23.2. The van der Waals surface area contributed by atoms with E-state index in [9.17, 15) is 14.0 Å². The van der Waals surface area contributed by atoms with Gasteiger partial charge in [-0.3, -0.25) is 9.59 Å². The van der Waals surface area contributed by atoms with Crippen molar-refractivity contribution in [3.63, 3.8) is 0 Å². The fourth-order valence-corrected chi connectivity index (χ4v) is 3.38. The van der Waals surface area contributed by atoms with Gasteiger partial charge in [-0.1, -0.05) is 13.8 Å². The molecule has 6 N–H and O–H groups in total. The van der Waals surface area contributed by atoms with E-state index in [1.165, 1.54) is 12.3 Å². The van der Waals surface area contributed by atoms with Crippen molar-refractivity contribution in [1.82, 2.24) is 9.97 Å². The van der Waals surface area contributed by atoms with Crippen molar-refractivity contribution < 1.29 is 18.7 Å². The summed E-state index contributed by atoms with van der Waals surface area (Å²) in [6, 6.07) is 3.96. The molecule has 32 heavy (non-hydrogen) atoms. The van der Waals surface area contributed by atoms with Crippen LogP contribution in [0, 0.1) is 11.7 Å². The van der Waals surface area contributed by atoms with Crippen molar-refractivity contribution in [2.24, 2.45) is 17.4 Å². The molecule has 1 aliphatic rings. The van der Waals surface area contributed by atoms with Gasteiger partial charge < -0.3 is 31.7 Å². The number of benzene rings is 1. The number of anilines is 4. The van der Waals surface area contributed by atoms with Gasteiger partial charge >= 0.3 is 0 Å². The first-order valence-electron chi connectivity index (χ1n) is 10.4. The van der Waals surface area contributed by atoms with Gasteiger partial charge in [0.15, 0.2) is 0 Å². The third-order valence-corrected chi connectivity index (χ3v) is 4.97. The minimum Gasteiger partial charge on any atom is -0.378 e. The first-order chi connectivity index (χ1) is 15.2. The van der Waals surface area contributed by atoms with Gasteiger partial charge in [0.25, 0.3) is 5.91 Å². The fourth-order valence-electron chi connectivity index (χ4n) is 3.38. The Morgan fingerprint density at radius 3 is 2.56 bits per heavy atom. The monoisotopic (exact) mass is 445 g/mol. The van der Waals surface area contributed by atoms with Crippen LogP contribution in [0.3, 0.4) is 0 Å². The number of nitrogens with zero attached hydrogens (tertiary/aromatic N) is 3. The van der Waals surface area contributed by atoms with Crippen LogP contribution >= 0.6 is 0 Å². The van der Waals surface area contributed by atoms with Gasteiger partial charge in [-0.05, 0) is 30.5 Å². The molecular formula is C21H28FN7O3. The molecule has 1 saturated heterocycles. The molecule has 1 atom stereocenters. The number of amides is 2. The molecular weight excluding hydrogens is 417 g/mol. The molecule has 0 aliphatic carbocycles. The van der Waals surface area contributed by atoms with Crippen molar-refractivity contribution in [2.45, 2.75) is 26.3 Å². The van der Waals surface area contributed by atoms with E-state index in [0.717, 1.165) is 0 Å². The number of aromatic nitrogens is 2. The number of nitrogens with one attached hydrogen (secondary N) is 2. The highest BCUT2D eigenvalue weighted by molar-refractivity contribution is 5.98. The van der Waals surface area contributed by atoms with Gasteiger partial charge in [0.2, 0.25) is 11.9 Å². The Hall–Kier alpha value is -3.47. The summed E-state index contributed by atoms with van der Waals surface area (Å²) in [4.78, 5) is 33.8. The number of carbonyl (C=O) groups excluding carboxylic acids is 2. The van der Waals surface area contributed by atoms with E-state index in [1.54, 1.807) is 12.1 Å². The van der Waals surface area contributed by atoms with E-state index < -0.39 is 23.7 Å².